The number of pyridine rings is 1. The first kappa shape index (κ1) is 14.7. The van der Waals surface area contributed by atoms with Crippen LogP contribution in [-0.4, -0.2) is 40.5 Å². The van der Waals surface area contributed by atoms with Crippen LogP contribution >= 0.6 is 0 Å². The zero-order valence-electron chi connectivity index (χ0n) is 11.2. The maximum absolute atomic E-state index is 12.0. The molecule has 0 aromatic carbocycles. The molecular formula is C14H15N3O4. The molecule has 2 amide bonds. The van der Waals surface area contributed by atoms with Crippen LogP contribution in [-0.2, 0) is 9.59 Å². The molecule has 0 saturated heterocycles. The van der Waals surface area contributed by atoms with Gasteiger partial charge in [-0.05, 0) is 25.0 Å². The number of nitrogens with zero attached hydrogens (tertiary/aromatic N) is 1. The Hall–Kier alpha value is -2.70. The predicted molar refractivity (Wildman–Crippen MR) is 74.4 cm³/mol. The lowest BCUT2D eigenvalue weighted by Gasteiger charge is -2.07. The number of aliphatic carboxylic acids is 1. The number of carbonyl (C=O) groups is 3. The van der Waals surface area contributed by atoms with Crippen LogP contribution in [0.2, 0.25) is 0 Å². The zero-order valence-corrected chi connectivity index (χ0v) is 11.2. The maximum Gasteiger partial charge on any atom is 0.328 e. The highest BCUT2D eigenvalue weighted by Crippen LogP contribution is 2.18. The van der Waals surface area contributed by atoms with Crippen molar-refractivity contribution in [1.29, 1.82) is 0 Å². The Labute approximate surface area is 121 Å². The van der Waals surface area contributed by atoms with E-state index >= 15 is 0 Å². The Kier molecular flexibility index (Phi) is 4.65. The molecule has 0 unspecified atom stereocenters. The molecule has 3 N–H and O–H groups in total. The Balaban J connectivity index is 1.97. The first-order chi connectivity index (χ1) is 10.1. The molecule has 1 fully saturated rings. The summed E-state index contributed by atoms with van der Waals surface area (Å²) in [5, 5.41) is 13.9. The van der Waals surface area contributed by atoms with Gasteiger partial charge < -0.3 is 15.7 Å². The van der Waals surface area contributed by atoms with E-state index in [9.17, 15) is 14.4 Å². The Morgan fingerprint density at radius 2 is 2.14 bits per heavy atom. The molecule has 0 spiro atoms. The van der Waals surface area contributed by atoms with E-state index in [0.29, 0.717) is 5.56 Å². The number of aromatic nitrogens is 1. The maximum atomic E-state index is 12.0. The van der Waals surface area contributed by atoms with Crippen LogP contribution in [0.5, 0.6) is 0 Å². The number of carboxylic acids is 1. The standard InChI is InChI=1S/C14H15N3O4/c18-12(17-10-2-3-10)8-16-14(21)11-5-6-15-7-9(11)1-4-13(19)20/h1,4-7,10H,2-3,8H2,(H,16,21)(H,17,18)(H,19,20). The van der Waals surface area contributed by atoms with Crippen molar-refractivity contribution in [2.45, 2.75) is 18.9 Å². The molecule has 7 heteroatoms. The lowest BCUT2D eigenvalue weighted by molar-refractivity contribution is -0.131. The summed E-state index contributed by atoms with van der Waals surface area (Å²) < 4.78 is 0. The molecule has 0 atom stereocenters. The van der Waals surface area contributed by atoms with Crippen LogP contribution in [0.15, 0.2) is 24.5 Å². The SMILES string of the molecule is O=C(O)C=Cc1cnccc1C(=O)NCC(=O)NC1CC1. The molecule has 7 nitrogen and oxygen atoms in total. The molecule has 110 valence electrons. The normalized spacial score (nSPS) is 13.9. The fraction of sp³-hybridized carbons (Fsp3) is 0.286. The highest BCUT2D eigenvalue weighted by atomic mass is 16.4. The van der Waals surface area contributed by atoms with Gasteiger partial charge in [-0.1, -0.05) is 0 Å². The van der Waals surface area contributed by atoms with Gasteiger partial charge in [-0.25, -0.2) is 4.79 Å². The van der Waals surface area contributed by atoms with Crippen LogP contribution in [0.1, 0.15) is 28.8 Å². The molecule has 1 aliphatic carbocycles. The van der Waals surface area contributed by atoms with Gasteiger partial charge >= 0.3 is 5.97 Å². The van der Waals surface area contributed by atoms with Crippen LogP contribution in [0, 0.1) is 0 Å². The number of carboxylic acid groups (broad SMARTS) is 1. The number of hydrogen-bond donors (Lipinski definition) is 3. The quantitative estimate of drug-likeness (QED) is 0.648. The van der Waals surface area contributed by atoms with Gasteiger partial charge in [0.1, 0.15) is 0 Å². The van der Waals surface area contributed by atoms with E-state index in [-0.39, 0.29) is 24.1 Å². The summed E-state index contributed by atoms with van der Waals surface area (Å²) in [6.07, 6.45) is 6.99. The first-order valence-electron chi connectivity index (χ1n) is 6.49. The van der Waals surface area contributed by atoms with Crippen molar-refractivity contribution in [3.05, 3.63) is 35.7 Å². The largest absolute Gasteiger partial charge is 0.478 e. The second kappa shape index (κ2) is 6.65. The van der Waals surface area contributed by atoms with Gasteiger partial charge in [-0.3, -0.25) is 14.6 Å². The molecule has 1 saturated carbocycles. The predicted octanol–water partition coefficient (Wildman–Crippen LogP) is 0.188. The van der Waals surface area contributed by atoms with Gasteiger partial charge in [0, 0.05) is 35.6 Å². The summed E-state index contributed by atoms with van der Waals surface area (Å²) in [5.41, 5.74) is 0.640. The second-order valence-corrected chi connectivity index (χ2v) is 4.66. The second-order valence-electron chi connectivity index (χ2n) is 4.66. The van der Waals surface area contributed by atoms with E-state index in [1.807, 2.05) is 0 Å². The third-order valence-electron chi connectivity index (χ3n) is 2.85. The summed E-state index contributed by atoms with van der Waals surface area (Å²) >= 11 is 0. The zero-order chi connectivity index (χ0) is 15.2. The molecule has 2 rings (SSSR count). The molecule has 0 aliphatic heterocycles. The third kappa shape index (κ3) is 4.72. The van der Waals surface area contributed by atoms with Gasteiger partial charge in [-0.15, -0.1) is 0 Å². The van der Waals surface area contributed by atoms with Gasteiger partial charge in [-0.2, -0.15) is 0 Å². The average Bonchev–Trinajstić information content (AvgIpc) is 3.26. The first-order valence-corrected chi connectivity index (χ1v) is 6.49. The lowest BCUT2D eigenvalue weighted by atomic mass is 10.1. The number of carbonyl (C=O) groups excluding carboxylic acids is 2. The van der Waals surface area contributed by atoms with Crippen molar-refractivity contribution < 1.29 is 19.5 Å². The van der Waals surface area contributed by atoms with Gasteiger partial charge in [0.25, 0.3) is 5.91 Å². The number of amides is 2. The summed E-state index contributed by atoms with van der Waals surface area (Å²) in [4.78, 5) is 37.9. The van der Waals surface area contributed by atoms with Crippen molar-refractivity contribution in [1.82, 2.24) is 15.6 Å². The van der Waals surface area contributed by atoms with Gasteiger partial charge in [0.2, 0.25) is 5.91 Å². The van der Waals surface area contributed by atoms with E-state index in [0.717, 1.165) is 18.9 Å². The topological polar surface area (TPSA) is 108 Å². The van der Waals surface area contributed by atoms with E-state index in [1.165, 1.54) is 24.5 Å². The fourth-order valence-electron chi connectivity index (χ4n) is 1.67. The van der Waals surface area contributed by atoms with E-state index < -0.39 is 11.9 Å². The van der Waals surface area contributed by atoms with Crippen molar-refractivity contribution in [2.24, 2.45) is 0 Å². The average molecular weight is 289 g/mol. The monoisotopic (exact) mass is 289 g/mol. The van der Waals surface area contributed by atoms with Crippen LogP contribution < -0.4 is 10.6 Å². The van der Waals surface area contributed by atoms with E-state index in [2.05, 4.69) is 15.6 Å². The van der Waals surface area contributed by atoms with Crippen molar-refractivity contribution in [2.75, 3.05) is 6.54 Å². The molecule has 0 radical (unpaired) electrons. The molecule has 21 heavy (non-hydrogen) atoms. The van der Waals surface area contributed by atoms with Gasteiger partial charge in [0.05, 0.1) is 6.54 Å². The molecular weight excluding hydrogens is 274 g/mol. The van der Waals surface area contributed by atoms with Crippen molar-refractivity contribution in [3.63, 3.8) is 0 Å². The van der Waals surface area contributed by atoms with Crippen LogP contribution in [0.3, 0.4) is 0 Å². The summed E-state index contributed by atoms with van der Waals surface area (Å²) in [6, 6.07) is 1.71. The number of hydrogen-bond acceptors (Lipinski definition) is 4. The Morgan fingerprint density at radius 3 is 2.81 bits per heavy atom. The van der Waals surface area contributed by atoms with E-state index in [4.69, 9.17) is 5.11 Å². The minimum Gasteiger partial charge on any atom is -0.478 e. The molecule has 1 aromatic heterocycles. The third-order valence-corrected chi connectivity index (χ3v) is 2.85. The number of rotatable bonds is 6. The highest BCUT2D eigenvalue weighted by molar-refractivity contribution is 6.00. The lowest BCUT2D eigenvalue weighted by Crippen LogP contribution is -2.38. The van der Waals surface area contributed by atoms with Crippen LogP contribution in [0.25, 0.3) is 6.08 Å². The molecule has 0 bridgehead atoms. The molecule has 1 aliphatic rings. The fourth-order valence-corrected chi connectivity index (χ4v) is 1.67. The minimum absolute atomic E-state index is 0.111. The number of nitrogens with one attached hydrogen (secondary N) is 2. The summed E-state index contributed by atoms with van der Waals surface area (Å²) in [7, 11) is 0. The Bertz CT molecular complexity index is 594. The molecule has 1 heterocycles. The van der Waals surface area contributed by atoms with Gasteiger partial charge in [0.15, 0.2) is 0 Å². The Morgan fingerprint density at radius 1 is 1.38 bits per heavy atom. The van der Waals surface area contributed by atoms with Crippen molar-refractivity contribution in [3.8, 4) is 0 Å². The van der Waals surface area contributed by atoms with Crippen LogP contribution in [0.4, 0.5) is 0 Å². The molecule has 1 aromatic rings. The van der Waals surface area contributed by atoms with Crippen molar-refractivity contribution >= 4 is 23.9 Å². The summed E-state index contributed by atoms with van der Waals surface area (Å²) in [5.74, 6) is -1.80. The summed E-state index contributed by atoms with van der Waals surface area (Å²) in [6.45, 7) is -0.111. The smallest absolute Gasteiger partial charge is 0.328 e. The van der Waals surface area contributed by atoms with E-state index in [1.54, 1.807) is 0 Å². The highest BCUT2D eigenvalue weighted by Gasteiger charge is 2.23. The minimum atomic E-state index is -1.12.